The number of nitrogens with zero attached hydrogens (tertiary/aromatic N) is 1. The van der Waals surface area contributed by atoms with Gasteiger partial charge in [-0.1, -0.05) is 48.5 Å². The van der Waals surface area contributed by atoms with Crippen LogP contribution in [-0.4, -0.2) is 40.0 Å². The van der Waals surface area contributed by atoms with Gasteiger partial charge in [-0.3, -0.25) is 9.59 Å². The second-order valence-electron chi connectivity index (χ2n) is 5.60. The Morgan fingerprint density at radius 2 is 1.68 bits per heavy atom. The van der Waals surface area contributed by atoms with E-state index in [1.807, 2.05) is 0 Å². The molecule has 0 aliphatic carbocycles. The van der Waals surface area contributed by atoms with Crippen LogP contribution in [0.2, 0.25) is 0 Å². The lowest BCUT2D eigenvalue weighted by atomic mass is 9.95. The molecule has 1 aliphatic rings. The molecular formula is C19H16FNO4. The van der Waals surface area contributed by atoms with E-state index in [2.05, 4.69) is 0 Å². The van der Waals surface area contributed by atoms with Crippen LogP contribution in [0.3, 0.4) is 0 Å². The number of hydrogen-bond donors (Lipinski definition) is 2. The van der Waals surface area contributed by atoms with Gasteiger partial charge in [0, 0.05) is 17.7 Å². The Morgan fingerprint density at radius 3 is 2.32 bits per heavy atom. The average molecular weight is 341 g/mol. The number of Topliss-reactive ketones (excluding diaryl/α,β-unsaturated/α-hetero) is 1. The van der Waals surface area contributed by atoms with Gasteiger partial charge in [-0.25, -0.2) is 4.39 Å². The summed E-state index contributed by atoms with van der Waals surface area (Å²) in [7, 11) is 0. The van der Waals surface area contributed by atoms with E-state index in [0.29, 0.717) is 5.56 Å². The van der Waals surface area contributed by atoms with Gasteiger partial charge in [-0.15, -0.1) is 0 Å². The summed E-state index contributed by atoms with van der Waals surface area (Å²) < 4.78 is 14.3. The van der Waals surface area contributed by atoms with Crippen molar-refractivity contribution in [3.05, 3.63) is 77.1 Å². The molecule has 0 saturated carbocycles. The van der Waals surface area contributed by atoms with Gasteiger partial charge in [0.15, 0.2) is 0 Å². The number of likely N-dealkylation sites (tertiary alicyclic amines) is 1. The van der Waals surface area contributed by atoms with Crippen LogP contribution in [0.1, 0.15) is 17.2 Å². The van der Waals surface area contributed by atoms with E-state index < -0.39 is 23.5 Å². The topological polar surface area (TPSA) is 77.8 Å². The smallest absolute Gasteiger partial charge is 0.295 e. The minimum Gasteiger partial charge on any atom is -0.507 e. The van der Waals surface area contributed by atoms with Gasteiger partial charge in [-0.2, -0.15) is 0 Å². The summed E-state index contributed by atoms with van der Waals surface area (Å²) in [5, 5.41) is 19.8. The fraction of sp³-hybridized carbons (Fsp3) is 0.158. The Bertz CT molecular complexity index is 848. The Hall–Kier alpha value is -2.99. The quantitative estimate of drug-likeness (QED) is 0.508. The summed E-state index contributed by atoms with van der Waals surface area (Å²) in [4.78, 5) is 25.9. The van der Waals surface area contributed by atoms with E-state index >= 15 is 0 Å². The highest BCUT2D eigenvalue weighted by molar-refractivity contribution is 6.46. The van der Waals surface area contributed by atoms with Crippen LogP contribution in [0.25, 0.3) is 5.76 Å². The molecule has 0 radical (unpaired) electrons. The summed E-state index contributed by atoms with van der Waals surface area (Å²) in [6.45, 7) is -0.529. The van der Waals surface area contributed by atoms with Crippen molar-refractivity contribution in [2.24, 2.45) is 0 Å². The lowest BCUT2D eigenvalue weighted by Crippen LogP contribution is -2.32. The van der Waals surface area contributed by atoms with Crippen LogP contribution in [0.5, 0.6) is 0 Å². The van der Waals surface area contributed by atoms with Crippen molar-refractivity contribution in [1.82, 2.24) is 4.90 Å². The van der Waals surface area contributed by atoms with Crippen molar-refractivity contribution in [2.75, 3.05) is 13.2 Å². The number of aliphatic hydroxyl groups excluding tert-OH is 2. The molecule has 1 fully saturated rings. The van der Waals surface area contributed by atoms with Crippen LogP contribution in [-0.2, 0) is 9.59 Å². The first kappa shape index (κ1) is 16.9. The van der Waals surface area contributed by atoms with E-state index in [9.17, 15) is 24.2 Å². The Balaban J connectivity index is 2.22. The molecule has 128 valence electrons. The molecule has 2 N–H and O–H groups in total. The van der Waals surface area contributed by atoms with Crippen molar-refractivity contribution in [3.63, 3.8) is 0 Å². The maximum atomic E-state index is 14.3. The minimum atomic E-state index is -1.09. The second-order valence-corrected chi connectivity index (χ2v) is 5.60. The fourth-order valence-corrected chi connectivity index (χ4v) is 2.99. The van der Waals surface area contributed by atoms with Crippen molar-refractivity contribution in [1.29, 1.82) is 0 Å². The van der Waals surface area contributed by atoms with E-state index in [4.69, 9.17) is 0 Å². The first-order valence-electron chi connectivity index (χ1n) is 7.75. The van der Waals surface area contributed by atoms with Gasteiger partial charge in [0.05, 0.1) is 18.2 Å². The second kappa shape index (κ2) is 6.86. The molecule has 2 aromatic carbocycles. The number of aliphatic hydroxyl groups is 2. The predicted molar refractivity (Wildman–Crippen MR) is 88.9 cm³/mol. The zero-order chi connectivity index (χ0) is 18.0. The molecule has 0 spiro atoms. The highest BCUT2D eigenvalue weighted by Gasteiger charge is 2.46. The highest BCUT2D eigenvalue weighted by Crippen LogP contribution is 2.39. The first-order valence-corrected chi connectivity index (χ1v) is 7.75. The third-order valence-corrected chi connectivity index (χ3v) is 4.13. The SMILES string of the molecule is O=C1C(=O)N(CCO)[C@H](c2ccccc2F)/C1=C(\O)c1ccccc1. The normalized spacial score (nSPS) is 19.4. The van der Waals surface area contributed by atoms with E-state index in [1.54, 1.807) is 36.4 Å². The number of β-amino-alcohol motifs (C(OH)–C–C–N with tert-alkyl or cyclic N) is 1. The third-order valence-electron chi connectivity index (χ3n) is 4.13. The summed E-state index contributed by atoms with van der Waals surface area (Å²) in [6.07, 6.45) is 0. The first-order chi connectivity index (χ1) is 12.1. The van der Waals surface area contributed by atoms with Crippen LogP contribution >= 0.6 is 0 Å². The number of rotatable bonds is 4. The molecule has 1 atom stereocenters. The van der Waals surface area contributed by atoms with E-state index in [-0.39, 0.29) is 30.0 Å². The number of carbonyl (C=O) groups is 2. The Kier molecular flexibility index (Phi) is 4.63. The number of ketones is 1. The molecule has 6 heteroatoms. The Morgan fingerprint density at radius 1 is 1.04 bits per heavy atom. The largest absolute Gasteiger partial charge is 0.507 e. The Labute approximate surface area is 143 Å². The van der Waals surface area contributed by atoms with Gasteiger partial charge >= 0.3 is 0 Å². The van der Waals surface area contributed by atoms with Crippen LogP contribution in [0.15, 0.2) is 60.2 Å². The van der Waals surface area contributed by atoms with Gasteiger partial charge < -0.3 is 15.1 Å². The lowest BCUT2D eigenvalue weighted by molar-refractivity contribution is -0.140. The summed E-state index contributed by atoms with van der Waals surface area (Å²) >= 11 is 0. The number of amides is 1. The molecular weight excluding hydrogens is 325 g/mol. The summed E-state index contributed by atoms with van der Waals surface area (Å²) in [6, 6.07) is 12.9. The molecule has 3 rings (SSSR count). The molecule has 0 unspecified atom stereocenters. The van der Waals surface area contributed by atoms with Gasteiger partial charge in [-0.05, 0) is 6.07 Å². The standard InChI is InChI=1S/C19H16FNO4/c20-14-9-5-4-8-13(14)16-15(17(23)12-6-2-1-3-7-12)18(24)19(25)21(16)10-11-22/h1-9,16,22-23H,10-11H2/b17-15+/t16-/m1/s1. The van der Waals surface area contributed by atoms with Gasteiger partial charge in [0.1, 0.15) is 11.6 Å². The predicted octanol–water partition coefficient (Wildman–Crippen LogP) is 2.24. The molecule has 0 aromatic heterocycles. The summed E-state index contributed by atoms with van der Waals surface area (Å²) in [5.74, 6) is -2.74. The van der Waals surface area contributed by atoms with Crippen LogP contribution in [0.4, 0.5) is 4.39 Å². The highest BCUT2D eigenvalue weighted by atomic mass is 19.1. The number of carbonyl (C=O) groups excluding carboxylic acids is 2. The number of halogens is 1. The monoisotopic (exact) mass is 341 g/mol. The van der Waals surface area contributed by atoms with Crippen LogP contribution < -0.4 is 0 Å². The molecule has 0 bridgehead atoms. The number of benzene rings is 2. The van der Waals surface area contributed by atoms with Crippen molar-refractivity contribution in [3.8, 4) is 0 Å². The van der Waals surface area contributed by atoms with Gasteiger partial charge in [0.2, 0.25) is 0 Å². The van der Waals surface area contributed by atoms with Crippen molar-refractivity contribution < 1.29 is 24.2 Å². The van der Waals surface area contributed by atoms with Gasteiger partial charge in [0.25, 0.3) is 11.7 Å². The molecule has 1 saturated heterocycles. The van der Waals surface area contributed by atoms with E-state index in [0.717, 1.165) is 4.90 Å². The molecule has 2 aromatic rings. The average Bonchev–Trinajstić information content (AvgIpc) is 2.87. The zero-order valence-corrected chi connectivity index (χ0v) is 13.2. The van der Waals surface area contributed by atoms with Crippen LogP contribution in [0, 0.1) is 5.82 Å². The molecule has 1 heterocycles. The molecule has 1 amide bonds. The molecule has 5 nitrogen and oxygen atoms in total. The lowest BCUT2D eigenvalue weighted by Gasteiger charge is -2.24. The maximum Gasteiger partial charge on any atom is 0.295 e. The number of hydrogen-bond acceptors (Lipinski definition) is 4. The minimum absolute atomic E-state index is 0.0904. The van der Waals surface area contributed by atoms with Crippen molar-refractivity contribution >= 4 is 17.4 Å². The molecule has 1 aliphatic heterocycles. The third kappa shape index (κ3) is 2.92. The fourth-order valence-electron chi connectivity index (χ4n) is 2.99. The van der Waals surface area contributed by atoms with Crippen molar-refractivity contribution in [2.45, 2.75) is 6.04 Å². The maximum absolute atomic E-state index is 14.3. The summed E-state index contributed by atoms with van der Waals surface area (Å²) in [5.41, 5.74) is 0.258. The van der Waals surface area contributed by atoms with E-state index in [1.165, 1.54) is 18.2 Å². The zero-order valence-electron chi connectivity index (χ0n) is 13.2. The molecule has 25 heavy (non-hydrogen) atoms.